The van der Waals surface area contributed by atoms with Gasteiger partial charge in [0, 0.05) is 23.6 Å². The zero-order valence-corrected chi connectivity index (χ0v) is 18.1. The number of hydrogen-bond donors (Lipinski definition) is 2. The minimum atomic E-state index is -0.285. The van der Waals surface area contributed by atoms with E-state index in [9.17, 15) is 9.90 Å². The number of nitrogens with zero attached hydrogens (tertiary/aromatic N) is 1. The molecule has 0 amide bonds. The highest BCUT2D eigenvalue weighted by Crippen LogP contribution is 2.49. The van der Waals surface area contributed by atoms with E-state index in [1.807, 2.05) is 37.3 Å². The first-order valence-corrected chi connectivity index (χ1v) is 10.5. The van der Waals surface area contributed by atoms with Gasteiger partial charge < -0.3 is 24.4 Å². The SMILES string of the molecule is COc1ccc([C@H]2CC(=O)C3=C(C2)Nc2onc(C)c2[C@H]3c2ccc(O)cc2)cc1OC. The fourth-order valence-electron chi connectivity index (χ4n) is 4.81. The number of carbonyl (C=O) groups excluding carboxylic acids is 1. The van der Waals surface area contributed by atoms with Crippen LogP contribution in [0.3, 0.4) is 0 Å². The molecule has 0 bridgehead atoms. The molecule has 0 fully saturated rings. The summed E-state index contributed by atoms with van der Waals surface area (Å²) >= 11 is 0. The van der Waals surface area contributed by atoms with Gasteiger partial charge in [0.15, 0.2) is 17.3 Å². The van der Waals surface area contributed by atoms with Crippen molar-refractivity contribution in [1.29, 1.82) is 0 Å². The van der Waals surface area contributed by atoms with Gasteiger partial charge in [-0.05, 0) is 54.7 Å². The lowest BCUT2D eigenvalue weighted by atomic mass is 9.72. The topological polar surface area (TPSA) is 93.8 Å². The van der Waals surface area contributed by atoms with Gasteiger partial charge in [0.1, 0.15) is 5.75 Å². The van der Waals surface area contributed by atoms with Crippen LogP contribution in [0.2, 0.25) is 0 Å². The maximum absolute atomic E-state index is 13.5. The Bertz CT molecular complexity index is 1230. The van der Waals surface area contributed by atoms with E-state index < -0.39 is 0 Å². The number of ketones is 1. The van der Waals surface area contributed by atoms with Gasteiger partial charge in [0.2, 0.25) is 5.88 Å². The van der Waals surface area contributed by atoms with Crippen molar-refractivity contribution in [2.45, 2.75) is 31.6 Å². The first-order chi connectivity index (χ1) is 15.5. The van der Waals surface area contributed by atoms with Crippen LogP contribution in [-0.2, 0) is 4.79 Å². The van der Waals surface area contributed by atoms with Crippen molar-refractivity contribution >= 4 is 11.7 Å². The lowest BCUT2D eigenvalue weighted by molar-refractivity contribution is -0.116. The molecule has 1 aliphatic carbocycles. The molecule has 0 unspecified atom stereocenters. The van der Waals surface area contributed by atoms with E-state index in [0.29, 0.717) is 30.2 Å². The Morgan fingerprint density at radius 3 is 2.47 bits per heavy atom. The molecule has 2 aliphatic rings. The number of hydrogen-bond acceptors (Lipinski definition) is 7. The van der Waals surface area contributed by atoms with Crippen LogP contribution in [0, 0.1) is 6.92 Å². The summed E-state index contributed by atoms with van der Waals surface area (Å²) in [6, 6.07) is 12.8. The average Bonchev–Trinajstić information content (AvgIpc) is 3.18. The van der Waals surface area contributed by atoms with Crippen molar-refractivity contribution in [2.24, 2.45) is 0 Å². The molecule has 2 atom stereocenters. The van der Waals surface area contributed by atoms with Gasteiger partial charge in [-0.2, -0.15) is 0 Å². The number of methoxy groups -OCH3 is 2. The van der Waals surface area contributed by atoms with Gasteiger partial charge in [-0.25, -0.2) is 0 Å². The number of nitrogens with one attached hydrogen (secondary N) is 1. The number of rotatable bonds is 4. The van der Waals surface area contributed by atoms with Gasteiger partial charge in [-0.3, -0.25) is 4.79 Å². The monoisotopic (exact) mass is 432 g/mol. The second-order valence-electron chi connectivity index (χ2n) is 8.20. The summed E-state index contributed by atoms with van der Waals surface area (Å²) in [5, 5.41) is 17.2. The van der Waals surface area contributed by atoms with Crippen molar-refractivity contribution in [3.63, 3.8) is 0 Å². The zero-order chi connectivity index (χ0) is 22.4. The van der Waals surface area contributed by atoms with Crippen molar-refractivity contribution in [3.8, 4) is 17.2 Å². The largest absolute Gasteiger partial charge is 0.508 e. The Hall–Kier alpha value is -3.74. The maximum Gasteiger partial charge on any atom is 0.233 e. The van der Waals surface area contributed by atoms with E-state index >= 15 is 0 Å². The number of aryl methyl sites for hydroxylation is 1. The third-order valence-corrected chi connectivity index (χ3v) is 6.36. The van der Waals surface area contributed by atoms with E-state index in [2.05, 4.69) is 10.5 Å². The molecule has 0 radical (unpaired) electrons. The molecule has 7 nitrogen and oxygen atoms in total. The first-order valence-electron chi connectivity index (χ1n) is 10.5. The number of anilines is 1. The zero-order valence-electron chi connectivity index (χ0n) is 18.1. The molecule has 32 heavy (non-hydrogen) atoms. The molecule has 2 N–H and O–H groups in total. The van der Waals surface area contributed by atoms with Crippen LogP contribution in [-0.4, -0.2) is 30.3 Å². The number of carbonyl (C=O) groups is 1. The van der Waals surface area contributed by atoms with Crippen LogP contribution in [0.25, 0.3) is 0 Å². The smallest absolute Gasteiger partial charge is 0.233 e. The molecular formula is C25H24N2O5. The van der Waals surface area contributed by atoms with Gasteiger partial charge in [-0.1, -0.05) is 23.4 Å². The number of ether oxygens (including phenoxy) is 2. The lowest BCUT2D eigenvalue weighted by Crippen LogP contribution is -2.29. The minimum Gasteiger partial charge on any atom is -0.508 e. The summed E-state index contributed by atoms with van der Waals surface area (Å²) in [6.45, 7) is 1.88. The Kier molecular flexibility index (Phi) is 4.89. The van der Waals surface area contributed by atoms with Crippen molar-refractivity contribution in [3.05, 3.63) is 76.1 Å². The number of phenols is 1. The first kappa shape index (κ1) is 20.2. The Morgan fingerprint density at radius 2 is 1.75 bits per heavy atom. The molecular weight excluding hydrogens is 408 g/mol. The van der Waals surface area contributed by atoms with Crippen LogP contribution in [0.15, 0.2) is 58.3 Å². The molecule has 164 valence electrons. The predicted octanol–water partition coefficient (Wildman–Crippen LogP) is 4.66. The number of benzene rings is 2. The van der Waals surface area contributed by atoms with E-state index in [1.54, 1.807) is 26.4 Å². The van der Waals surface area contributed by atoms with Crippen LogP contribution in [0.5, 0.6) is 17.2 Å². The highest BCUT2D eigenvalue weighted by Gasteiger charge is 2.41. The van der Waals surface area contributed by atoms with Crippen molar-refractivity contribution in [1.82, 2.24) is 5.16 Å². The summed E-state index contributed by atoms with van der Waals surface area (Å²) in [6.07, 6.45) is 1.05. The third kappa shape index (κ3) is 3.21. The summed E-state index contributed by atoms with van der Waals surface area (Å²) in [5.41, 5.74) is 5.14. The van der Waals surface area contributed by atoms with Crippen molar-refractivity contribution in [2.75, 3.05) is 19.5 Å². The maximum atomic E-state index is 13.5. The summed E-state index contributed by atoms with van der Waals surface area (Å²) in [7, 11) is 3.21. The molecule has 1 aromatic heterocycles. The van der Waals surface area contributed by atoms with Gasteiger partial charge >= 0.3 is 0 Å². The normalized spacial score (nSPS) is 19.8. The molecule has 2 heterocycles. The summed E-state index contributed by atoms with van der Waals surface area (Å²) in [5.74, 6) is 1.85. The fourth-order valence-corrected chi connectivity index (χ4v) is 4.81. The second kappa shape index (κ2) is 7.75. The molecule has 0 spiro atoms. The quantitative estimate of drug-likeness (QED) is 0.619. The second-order valence-corrected chi connectivity index (χ2v) is 8.20. The molecule has 1 aliphatic heterocycles. The fraction of sp³-hybridized carbons (Fsp3) is 0.280. The van der Waals surface area contributed by atoms with Crippen molar-refractivity contribution < 1.29 is 23.9 Å². The van der Waals surface area contributed by atoms with Gasteiger partial charge in [-0.15, -0.1) is 0 Å². The van der Waals surface area contributed by atoms with Gasteiger partial charge in [0.05, 0.1) is 25.5 Å². The molecule has 0 saturated heterocycles. The van der Waals surface area contributed by atoms with E-state index in [1.165, 1.54) is 0 Å². The molecule has 5 rings (SSSR count). The number of aromatic hydroxyl groups is 1. The average molecular weight is 432 g/mol. The third-order valence-electron chi connectivity index (χ3n) is 6.36. The van der Waals surface area contributed by atoms with Crippen LogP contribution in [0.1, 0.15) is 47.1 Å². The summed E-state index contributed by atoms with van der Waals surface area (Å²) in [4.78, 5) is 13.5. The summed E-state index contributed by atoms with van der Waals surface area (Å²) < 4.78 is 16.4. The number of Topliss-reactive ketones (excluding diaryl/α,β-unsaturated/α-hetero) is 1. The number of phenolic OH excluding ortho intramolecular Hbond substituents is 1. The number of fused-ring (bicyclic) bond motifs is 1. The van der Waals surface area contributed by atoms with Crippen LogP contribution in [0.4, 0.5) is 5.88 Å². The Morgan fingerprint density at radius 1 is 1.03 bits per heavy atom. The van der Waals surface area contributed by atoms with Gasteiger partial charge in [0.25, 0.3) is 0 Å². The molecule has 7 heteroatoms. The van der Waals surface area contributed by atoms with Crippen LogP contribution >= 0.6 is 0 Å². The molecule has 3 aromatic rings. The number of allylic oxidation sites excluding steroid dienone is 2. The predicted molar refractivity (Wildman–Crippen MR) is 118 cm³/mol. The lowest BCUT2D eigenvalue weighted by Gasteiger charge is -2.34. The van der Waals surface area contributed by atoms with E-state index in [4.69, 9.17) is 14.0 Å². The Balaban J connectivity index is 1.57. The highest BCUT2D eigenvalue weighted by molar-refractivity contribution is 6.01. The molecule has 0 saturated carbocycles. The minimum absolute atomic E-state index is 0.000378. The standard InChI is InChI=1S/C25H24N2O5/c1-13-22-23(14-4-7-17(28)8-5-14)24-18(26-25(22)32-27-13)10-16(11-19(24)29)15-6-9-20(30-2)21(12-15)31-3/h4-9,12,16,23,26,28H,10-11H2,1-3H3/t16-,23-/m1/s1. The van der Waals surface area contributed by atoms with E-state index in [0.717, 1.165) is 33.7 Å². The van der Waals surface area contributed by atoms with Crippen LogP contribution < -0.4 is 14.8 Å². The number of aromatic nitrogens is 1. The highest BCUT2D eigenvalue weighted by atomic mass is 16.5. The van der Waals surface area contributed by atoms with E-state index in [-0.39, 0.29) is 23.4 Å². The Labute approximate surface area is 185 Å². The molecule has 2 aromatic carbocycles.